The lowest BCUT2D eigenvalue weighted by Crippen LogP contribution is -2.42. The predicted octanol–water partition coefficient (Wildman–Crippen LogP) is 3.30. The molecule has 1 aromatic heterocycles. The average Bonchev–Trinajstić information content (AvgIpc) is 3.16. The van der Waals surface area contributed by atoms with Crippen molar-refractivity contribution in [1.29, 1.82) is 0 Å². The Morgan fingerprint density at radius 3 is 2.33 bits per heavy atom. The fourth-order valence-corrected chi connectivity index (χ4v) is 3.55. The molecular weight excluding hydrogens is 323 g/mol. The first-order chi connectivity index (χ1) is 11.4. The van der Waals surface area contributed by atoms with Gasteiger partial charge in [0.15, 0.2) is 5.69 Å². The van der Waals surface area contributed by atoms with E-state index < -0.39 is 17.8 Å². The zero-order chi connectivity index (χ0) is 17.3. The normalized spacial score (nSPS) is 20.8. The van der Waals surface area contributed by atoms with Crippen LogP contribution in [-0.4, -0.2) is 46.3 Å². The number of piperidine rings is 1. The summed E-state index contributed by atoms with van der Waals surface area (Å²) in [5, 5.41) is 5.54. The number of rotatable bonds is 3. The molecule has 1 aliphatic carbocycles. The molecule has 1 aliphatic heterocycles. The second kappa shape index (κ2) is 6.74. The van der Waals surface area contributed by atoms with Gasteiger partial charge in [-0.3, -0.25) is 9.89 Å². The maximum absolute atomic E-state index is 13.0. The number of alkyl halides is 3. The Morgan fingerprint density at radius 1 is 1.17 bits per heavy atom. The van der Waals surface area contributed by atoms with Gasteiger partial charge in [0.05, 0.1) is 17.8 Å². The molecule has 1 saturated heterocycles. The van der Waals surface area contributed by atoms with E-state index in [0.717, 1.165) is 12.8 Å². The number of halogens is 3. The summed E-state index contributed by atoms with van der Waals surface area (Å²) >= 11 is 0. The van der Waals surface area contributed by atoms with Gasteiger partial charge in [-0.25, -0.2) is 0 Å². The molecule has 1 saturated carbocycles. The number of carbonyl (C=O) groups is 1. The molecule has 1 amide bonds. The Bertz CT molecular complexity index is 586. The highest BCUT2D eigenvalue weighted by Crippen LogP contribution is 2.33. The van der Waals surface area contributed by atoms with E-state index in [2.05, 4.69) is 10.2 Å². The molecule has 1 aromatic rings. The summed E-state index contributed by atoms with van der Waals surface area (Å²) in [7, 11) is 0. The lowest BCUT2D eigenvalue weighted by atomic mass is 10.0. The summed E-state index contributed by atoms with van der Waals surface area (Å²) in [4.78, 5) is 14.0. The van der Waals surface area contributed by atoms with Crippen molar-refractivity contribution < 1.29 is 22.7 Å². The topological polar surface area (TPSA) is 58.2 Å². The van der Waals surface area contributed by atoms with Gasteiger partial charge in [-0.05, 0) is 32.6 Å². The number of hydrogen-bond acceptors (Lipinski definition) is 3. The maximum Gasteiger partial charge on any atom is 0.435 e. The first-order valence-corrected chi connectivity index (χ1v) is 8.43. The van der Waals surface area contributed by atoms with Gasteiger partial charge < -0.3 is 9.64 Å². The number of hydrogen-bond donors (Lipinski definition) is 1. The van der Waals surface area contributed by atoms with Crippen molar-refractivity contribution in [3.05, 3.63) is 17.0 Å². The molecule has 0 atom stereocenters. The predicted molar refractivity (Wildman–Crippen MR) is 80.6 cm³/mol. The molecule has 0 unspecified atom stereocenters. The number of ether oxygens (including phenoxy) is 1. The SMILES string of the molecule is Cc1[nH]nc(C(F)(F)F)c1C(=O)N1CCC(OC2CCCC2)CC1. The van der Waals surface area contributed by atoms with Gasteiger partial charge in [0.2, 0.25) is 0 Å². The van der Waals surface area contributed by atoms with Crippen LogP contribution in [0.25, 0.3) is 0 Å². The van der Waals surface area contributed by atoms with Crippen LogP contribution in [0.5, 0.6) is 0 Å². The zero-order valence-electron chi connectivity index (χ0n) is 13.7. The van der Waals surface area contributed by atoms with Crippen molar-refractivity contribution in [2.75, 3.05) is 13.1 Å². The van der Waals surface area contributed by atoms with E-state index in [0.29, 0.717) is 32.0 Å². The number of aryl methyl sites for hydroxylation is 1. The van der Waals surface area contributed by atoms with Crippen LogP contribution in [0.3, 0.4) is 0 Å². The number of aromatic amines is 1. The molecule has 0 bridgehead atoms. The van der Waals surface area contributed by atoms with Gasteiger partial charge in [0.25, 0.3) is 5.91 Å². The summed E-state index contributed by atoms with van der Waals surface area (Å²) in [5.74, 6) is -0.604. The van der Waals surface area contributed by atoms with Gasteiger partial charge in [-0.1, -0.05) is 12.8 Å². The minimum Gasteiger partial charge on any atom is -0.375 e. The Labute approximate surface area is 138 Å². The van der Waals surface area contributed by atoms with Crippen LogP contribution in [0.4, 0.5) is 13.2 Å². The minimum absolute atomic E-state index is 0.102. The van der Waals surface area contributed by atoms with Crippen molar-refractivity contribution in [2.45, 2.75) is 63.8 Å². The third-order valence-electron chi connectivity index (χ3n) is 4.85. The summed E-state index contributed by atoms with van der Waals surface area (Å²) in [6.07, 6.45) is 1.67. The zero-order valence-corrected chi connectivity index (χ0v) is 13.7. The van der Waals surface area contributed by atoms with Gasteiger partial charge in [0, 0.05) is 18.8 Å². The number of nitrogens with zero attached hydrogens (tertiary/aromatic N) is 2. The highest BCUT2D eigenvalue weighted by molar-refractivity contribution is 5.96. The largest absolute Gasteiger partial charge is 0.435 e. The van der Waals surface area contributed by atoms with Crippen molar-refractivity contribution in [1.82, 2.24) is 15.1 Å². The standard InChI is InChI=1S/C16H22F3N3O2/c1-10-13(14(21-20-10)16(17,18)19)15(23)22-8-6-12(7-9-22)24-11-4-2-3-5-11/h11-12H,2-9H2,1H3,(H,20,21). The third-order valence-corrected chi connectivity index (χ3v) is 4.85. The smallest absolute Gasteiger partial charge is 0.375 e. The Balaban J connectivity index is 1.62. The van der Waals surface area contributed by atoms with E-state index in [1.54, 1.807) is 0 Å². The van der Waals surface area contributed by atoms with E-state index in [4.69, 9.17) is 4.74 Å². The molecule has 0 spiro atoms. The monoisotopic (exact) mass is 345 g/mol. The molecule has 0 radical (unpaired) electrons. The van der Waals surface area contributed by atoms with E-state index in [-0.39, 0.29) is 17.4 Å². The summed E-state index contributed by atoms with van der Waals surface area (Å²) in [6, 6.07) is 0. The Kier molecular flexibility index (Phi) is 4.85. The van der Waals surface area contributed by atoms with Gasteiger partial charge in [-0.2, -0.15) is 18.3 Å². The molecule has 0 aromatic carbocycles. The molecule has 3 rings (SSSR count). The summed E-state index contributed by atoms with van der Waals surface area (Å²) in [6.45, 7) is 2.27. The van der Waals surface area contributed by atoms with Crippen LogP contribution in [-0.2, 0) is 10.9 Å². The molecule has 24 heavy (non-hydrogen) atoms. The minimum atomic E-state index is -4.64. The van der Waals surface area contributed by atoms with Crippen LogP contribution in [0, 0.1) is 6.92 Å². The maximum atomic E-state index is 13.0. The quantitative estimate of drug-likeness (QED) is 0.914. The lowest BCUT2D eigenvalue weighted by Gasteiger charge is -2.33. The highest BCUT2D eigenvalue weighted by atomic mass is 19.4. The fraction of sp³-hybridized carbons (Fsp3) is 0.750. The van der Waals surface area contributed by atoms with Gasteiger partial charge in [0.1, 0.15) is 0 Å². The number of carbonyl (C=O) groups excluding carboxylic acids is 1. The summed E-state index contributed by atoms with van der Waals surface area (Å²) in [5.41, 5.74) is -1.34. The Morgan fingerprint density at radius 2 is 1.75 bits per heavy atom. The van der Waals surface area contributed by atoms with Crippen LogP contribution in [0.2, 0.25) is 0 Å². The highest BCUT2D eigenvalue weighted by Gasteiger charge is 2.41. The van der Waals surface area contributed by atoms with Gasteiger partial charge in [-0.15, -0.1) is 0 Å². The van der Waals surface area contributed by atoms with Gasteiger partial charge >= 0.3 is 6.18 Å². The van der Waals surface area contributed by atoms with E-state index in [9.17, 15) is 18.0 Å². The molecular formula is C16H22F3N3O2. The van der Waals surface area contributed by atoms with Crippen LogP contribution in [0.15, 0.2) is 0 Å². The number of H-pyrrole nitrogens is 1. The van der Waals surface area contributed by atoms with Crippen LogP contribution >= 0.6 is 0 Å². The van der Waals surface area contributed by atoms with Crippen molar-refractivity contribution in [3.8, 4) is 0 Å². The molecule has 2 heterocycles. The van der Waals surface area contributed by atoms with E-state index >= 15 is 0 Å². The summed E-state index contributed by atoms with van der Waals surface area (Å²) < 4.78 is 45.1. The fourth-order valence-electron chi connectivity index (χ4n) is 3.55. The first-order valence-electron chi connectivity index (χ1n) is 8.43. The first kappa shape index (κ1) is 17.3. The number of amides is 1. The van der Waals surface area contributed by atoms with Crippen molar-refractivity contribution in [2.24, 2.45) is 0 Å². The third kappa shape index (κ3) is 3.58. The van der Waals surface area contributed by atoms with E-state index in [1.807, 2.05) is 0 Å². The van der Waals surface area contributed by atoms with Crippen molar-refractivity contribution in [3.63, 3.8) is 0 Å². The molecule has 2 aliphatic rings. The van der Waals surface area contributed by atoms with E-state index in [1.165, 1.54) is 24.7 Å². The molecule has 5 nitrogen and oxygen atoms in total. The molecule has 134 valence electrons. The average molecular weight is 345 g/mol. The number of nitrogens with one attached hydrogen (secondary N) is 1. The number of likely N-dealkylation sites (tertiary alicyclic amines) is 1. The molecule has 1 N–H and O–H groups in total. The second-order valence-corrected chi connectivity index (χ2v) is 6.60. The Hall–Kier alpha value is -1.57. The number of aromatic nitrogens is 2. The van der Waals surface area contributed by atoms with Crippen LogP contribution in [0.1, 0.15) is 60.3 Å². The molecule has 2 fully saturated rings. The second-order valence-electron chi connectivity index (χ2n) is 6.60. The van der Waals surface area contributed by atoms with Crippen LogP contribution < -0.4 is 0 Å². The molecule has 8 heteroatoms. The lowest BCUT2D eigenvalue weighted by molar-refractivity contribution is -0.141. The van der Waals surface area contributed by atoms with Crippen molar-refractivity contribution >= 4 is 5.91 Å².